The van der Waals surface area contributed by atoms with Crippen molar-refractivity contribution in [1.29, 1.82) is 0 Å². The first-order valence-corrected chi connectivity index (χ1v) is 7.46. The van der Waals surface area contributed by atoms with Crippen LogP contribution in [0.15, 0.2) is 35.3 Å². The third-order valence-electron chi connectivity index (χ3n) is 4.40. The van der Waals surface area contributed by atoms with Gasteiger partial charge in [0.25, 0.3) is 5.56 Å². The van der Waals surface area contributed by atoms with Crippen LogP contribution in [-0.2, 0) is 6.54 Å². The fraction of sp³-hybridized carbons (Fsp3) is 0.500. The second-order valence-corrected chi connectivity index (χ2v) is 5.76. The molecule has 1 saturated carbocycles. The lowest BCUT2D eigenvalue weighted by atomic mass is 9.84. The molecule has 2 aromatic rings. The van der Waals surface area contributed by atoms with Crippen LogP contribution in [0, 0.1) is 5.92 Å². The van der Waals surface area contributed by atoms with Crippen LogP contribution in [0.3, 0.4) is 0 Å². The number of nitrogens with zero attached hydrogens (tertiary/aromatic N) is 2. The summed E-state index contributed by atoms with van der Waals surface area (Å²) in [5, 5.41) is 0. The highest BCUT2D eigenvalue weighted by Crippen LogP contribution is 2.26. The van der Waals surface area contributed by atoms with Gasteiger partial charge in [-0.15, -0.1) is 0 Å². The maximum Gasteiger partial charge on any atom is 0.269 e. The Bertz CT molecular complexity index is 643. The van der Waals surface area contributed by atoms with E-state index < -0.39 is 0 Å². The minimum Gasteiger partial charge on any atom is -0.326 e. The molecule has 1 aromatic carbocycles. The van der Waals surface area contributed by atoms with Gasteiger partial charge in [-0.3, -0.25) is 4.79 Å². The third kappa shape index (κ3) is 2.61. The van der Waals surface area contributed by atoms with Crippen molar-refractivity contribution < 1.29 is 0 Å². The van der Waals surface area contributed by atoms with Crippen LogP contribution in [0.2, 0.25) is 0 Å². The molecule has 4 heteroatoms. The van der Waals surface area contributed by atoms with E-state index in [1.807, 2.05) is 24.3 Å². The topological polar surface area (TPSA) is 60.9 Å². The summed E-state index contributed by atoms with van der Waals surface area (Å²) in [6, 6.07) is 7.80. The molecule has 20 heavy (non-hydrogen) atoms. The number of hydrogen-bond acceptors (Lipinski definition) is 3. The Balaban J connectivity index is 1.89. The molecule has 1 heterocycles. The van der Waals surface area contributed by atoms with Crippen LogP contribution in [0.25, 0.3) is 11.0 Å². The van der Waals surface area contributed by atoms with Crippen molar-refractivity contribution in [2.75, 3.05) is 0 Å². The quantitative estimate of drug-likeness (QED) is 0.931. The van der Waals surface area contributed by atoms with Crippen LogP contribution in [-0.4, -0.2) is 15.6 Å². The first kappa shape index (κ1) is 13.3. The summed E-state index contributed by atoms with van der Waals surface area (Å²) in [6.45, 7) is 0.590. The summed E-state index contributed by atoms with van der Waals surface area (Å²) in [6.07, 6.45) is 7.64. The highest BCUT2D eigenvalue weighted by Gasteiger charge is 2.21. The summed E-state index contributed by atoms with van der Waals surface area (Å²) in [4.78, 5) is 16.3. The van der Waals surface area contributed by atoms with Crippen LogP contribution in [0.5, 0.6) is 0 Å². The predicted molar refractivity (Wildman–Crippen MR) is 80.6 cm³/mol. The molecule has 2 N–H and O–H groups in total. The highest BCUT2D eigenvalue weighted by molar-refractivity contribution is 5.74. The van der Waals surface area contributed by atoms with Gasteiger partial charge in [0.1, 0.15) is 0 Å². The van der Waals surface area contributed by atoms with Crippen molar-refractivity contribution in [3.05, 3.63) is 40.8 Å². The lowest BCUT2D eigenvalue weighted by molar-refractivity contribution is 0.285. The van der Waals surface area contributed by atoms with E-state index in [2.05, 4.69) is 4.98 Å². The predicted octanol–water partition coefficient (Wildman–Crippen LogP) is 2.30. The molecule has 0 spiro atoms. The van der Waals surface area contributed by atoms with Gasteiger partial charge < -0.3 is 10.3 Å². The van der Waals surface area contributed by atoms with E-state index in [4.69, 9.17) is 5.73 Å². The number of rotatable bonds is 3. The number of para-hydroxylation sites is 2. The second kappa shape index (κ2) is 5.75. The molecule has 0 amide bonds. The maximum absolute atomic E-state index is 12.1. The molecule has 0 bridgehead atoms. The van der Waals surface area contributed by atoms with E-state index in [1.54, 1.807) is 4.57 Å². The number of aromatic nitrogens is 2. The van der Waals surface area contributed by atoms with Crippen molar-refractivity contribution >= 4 is 11.0 Å². The van der Waals surface area contributed by atoms with E-state index in [9.17, 15) is 4.79 Å². The van der Waals surface area contributed by atoms with Crippen molar-refractivity contribution in [3.63, 3.8) is 0 Å². The van der Waals surface area contributed by atoms with Gasteiger partial charge in [-0.1, -0.05) is 31.4 Å². The third-order valence-corrected chi connectivity index (χ3v) is 4.40. The molecule has 3 rings (SSSR count). The van der Waals surface area contributed by atoms with E-state index in [0.717, 1.165) is 11.0 Å². The van der Waals surface area contributed by atoms with Gasteiger partial charge in [-0.2, -0.15) is 0 Å². The van der Waals surface area contributed by atoms with E-state index >= 15 is 0 Å². The molecular formula is C16H21N3O. The molecule has 1 fully saturated rings. The van der Waals surface area contributed by atoms with Gasteiger partial charge in [0.15, 0.2) is 0 Å². The summed E-state index contributed by atoms with van der Waals surface area (Å²) < 4.78 is 1.78. The maximum atomic E-state index is 12.1. The Hall–Kier alpha value is -1.68. The van der Waals surface area contributed by atoms with Gasteiger partial charge in [0.2, 0.25) is 0 Å². The first-order valence-electron chi connectivity index (χ1n) is 7.46. The molecule has 1 atom stereocenters. The molecular weight excluding hydrogens is 250 g/mol. The van der Waals surface area contributed by atoms with Gasteiger partial charge in [-0.05, 0) is 30.9 Å². The lowest BCUT2D eigenvalue weighted by Crippen LogP contribution is -2.38. The molecule has 1 unspecified atom stereocenters. The van der Waals surface area contributed by atoms with Crippen LogP contribution < -0.4 is 11.3 Å². The number of fused-ring (bicyclic) bond motifs is 1. The Labute approximate surface area is 118 Å². The van der Waals surface area contributed by atoms with Crippen molar-refractivity contribution in [1.82, 2.24) is 9.55 Å². The van der Waals surface area contributed by atoms with Gasteiger partial charge >= 0.3 is 0 Å². The number of hydrogen-bond donors (Lipinski definition) is 1. The molecule has 0 aliphatic heterocycles. The minimum absolute atomic E-state index is 0.0545. The van der Waals surface area contributed by atoms with Crippen LogP contribution in [0.4, 0.5) is 0 Å². The summed E-state index contributed by atoms with van der Waals surface area (Å²) in [5.41, 5.74) is 8.03. The Morgan fingerprint density at radius 3 is 2.80 bits per heavy atom. The SMILES string of the molecule is NC(Cn1c(=O)cnc2ccccc21)C1CCCCC1. The van der Waals surface area contributed by atoms with Gasteiger partial charge in [0.05, 0.1) is 17.2 Å². The van der Waals surface area contributed by atoms with E-state index in [-0.39, 0.29) is 11.6 Å². The largest absolute Gasteiger partial charge is 0.326 e. The molecule has 1 aliphatic rings. The lowest BCUT2D eigenvalue weighted by Gasteiger charge is -2.28. The first-order chi connectivity index (χ1) is 9.75. The zero-order chi connectivity index (χ0) is 13.9. The molecule has 4 nitrogen and oxygen atoms in total. The Morgan fingerprint density at radius 2 is 2.00 bits per heavy atom. The van der Waals surface area contributed by atoms with Crippen molar-refractivity contribution in [2.45, 2.75) is 44.7 Å². The average Bonchev–Trinajstić information content (AvgIpc) is 2.51. The molecule has 0 saturated heterocycles. The van der Waals surface area contributed by atoms with Crippen molar-refractivity contribution in [3.8, 4) is 0 Å². The van der Waals surface area contributed by atoms with E-state index in [0.29, 0.717) is 12.5 Å². The molecule has 1 aromatic heterocycles. The summed E-state index contributed by atoms with van der Waals surface area (Å²) >= 11 is 0. The smallest absolute Gasteiger partial charge is 0.269 e. The number of nitrogens with two attached hydrogens (primary N) is 1. The monoisotopic (exact) mass is 271 g/mol. The minimum atomic E-state index is -0.0602. The fourth-order valence-electron chi connectivity index (χ4n) is 3.23. The standard InChI is InChI=1S/C16H21N3O/c17-13(12-6-2-1-3-7-12)11-19-15-9-5-4-8-14(15)18-10-16(19)20/h4-5,8-10,12-13H,1-3,6-7,11,17H2. The normalized spacial score (nSPS) is 18.2. The zero-order valence-electron chi connectivity index (χ0n) is 11.7. The van der Waals surface area contributed by atoms with E-state index in [1.165, 1.54) is 38.3 Å². The molecule has 1 aliphatic carbocycles. The van der Waals surface area contributed by atoms with Gasteiger partial charge in [-0.25, -0.2) is 4.98 Å². The fourth-order valence-corrected chi connectivity index (χ4v) is 3.23. The number of benzene rings is 1. The Kier molecular flexibility index (Phi) is 3.83. The summed E-state index contributed by atoms with van der Waals surface area (Å²) in [7, 11) is 0. The average molecular weight is 271 g/mol. The van der Waals surface area contributed by atoms with Crippen molar-refractivity contribution in [2.24, 2.45) is 11.7 Å². The second-order valence-electron chi connectivity index (χ2n) is 5.76. The molecule has 106 valence electrons. The van der Waals surface area contributed by atoms with Crippen LogP contribution in [0.1, 0.15) is 32.1 Å². The Morgan fingerprint density at radius 1 is 1.25 bits per heavy atom. The van der Waals surface area contributed by atoms with Crippen LogP contribution >= 0.6 is 0 Å². The molecule has 0 radical (unpaired) electrons. The zero-order valence-corrected chi connectivity index (χ0v) is 11.7. The summed E-state index contributed by atoms with van der Waals surface area (Å²) in [5.74, 6) is 0.544. The van der Waals surface area contributed by atoms with Gasteiger partial charge in [0, 0.05) is 12.6 Å². The highest BCUT2D eigenvalue weighted by atomic mass is 16.1.